The topological polar surface area (TPSA) is 52.0 Å². The molecule has 0 saturated heterocycles. The molecule has 84 valence electrons. The molecule has 0 spiro atoms. The SMILES string of the molecule is Cc1ccc([C@@H](N)CCCN)c(F)c1F. The minimum Gasteiger partial charge on any atom is -0.330 e. The van der Waals surface area contributed by atoms with Crippen LogP contribution in [0.4, 0.5) is 8.78 Å². The van der Waals surface area contributed by atoms with Crippen molar-refractivity contribution >= 4 is 0 Å². The summed E-state index contributed by atoms with van der Waals surface area (Å²) >= 11 is 0. The van der Waals surface area contributed by atoms with Crippen LogP contribution in [0.15, 0.2) is 12.1 Å². The largest absolute Gasteiger partial charge is 0.330 e. The van der Waals surface area contributed by atoms with Crippen molar-refractivity contribution in [3.05, 3.63) is 34.9 Å². The summed E-state index contributed by atoms with van der Waals surface area (Å²) in [6.45, 7) is 2.03. The Hall–Kier alpha value is -1.00. The highest BCUT2D eigenvalue weighted by molar-refractivity contribution is 5.27. The lowest BCUT2D eigenvalue weighted by Gasteiger charge is -2.13. The Bertz CT molecular complexity index is 340. The van der Waals surface area contributed by atoms with Crippen LogP contribution in [-0.4, -0.2) is 6.54 Å². The first kappa shape index (κ1) is 12.1. The Kier molecular flexibility index (Phi) is 4.17. The van der Waals surface area contributed by atoms with Crippen LogP contribution in [-0.2, 0) is 0 Å². The molecule has 15 heavy (non-hydrogen) atoms. The highest BCUT2D eigenvalue weighted by atomic mass is 19.2. The quantitative estimate of drug-likeness (QED) is 0.805. The van der Waals surface area contributed by atoms with E-state index in [-0.39, 0.29) is 5.56 Å². The molecular weight excluding hydrogens is 198 g/mol. The van der Waals surface area contributed by atoms with Crippen molar-refractivity contribution in [3.63, 3.8) is 0 Å². The number of hydrogen-bond acceptors (Lipinski definition) is 2. The molecule has 0 saturated carbocycles. The van der Waals surface area contributed by atoms with Gasteiger partial charge in [0.15, 0.2) is 11.6 Å². The number of rotatable bonds is 4. The highest BCUT2D eigenvalue weighted by Gasteiger charge is 2.15. The van der Waals surface area contributed by atoms with Crippen LogP contribution < -0.4 is 11.5 Å². The summed E-state index contributed by atoms with van der Waals surface area (Å²) in [6.07, 6.45) is 1.27. The molecule has 0 aliphatic carbocycles. The minimum atomic E-state index is -0.834. The van der Waals surface area contributed by atoms with Gasteiger partial charge in [0.1, 0.15) is 0 Å². The van der Waals surface area contributed by atoms with Crippen LogP contribution >= 0.6 is 0 Å². The summed E-state index contributed by atoms with van der Waals surface area (Å²) in [4.78, 5) is 0. The third-order valence-corrected chi connectivity index (χ3v) is 2.42. The van der Waals surface area contributed by atoms with E-state index in [1.807, 2.05) is 0 Å². The smallest absolute Gasteiger partial charge is 0.163 e. The van der Waals surface area contributed by atoms with Crippen molar-refractivity contribution in [2.45, 2.75) is 25.8 Å². The molecule has 1 aromatic carbocycles. The Labute approximate surface area is 88.3 Å². The van der Waals surface area contributed by atoms with Gasteiger partial charge in [0, 0.05) is 11.6 Å². The van der Waals surface area contributed by atoms with Gasteiger partial charge in [-0.2, -0.15) is 0 Å². The number of benzene rings is 1. The number of halogens is 2. The average Bonchev–Trinajstić information content (AvgIpc) is 2.23. The fourth-order valence-corrected chi connectivity index (χ4v) is 1.44. The van der Waals surface area contributed by atoms with E-state index in [2.05, 4.69) is 0 Å². The van der Waals surface area contributed by atoms with Crippen LogP contribution in [0.3, 0.4) is 0 Å². The first-order valence-electron chi connectivity index (χ1n) is 4.98. The summed E-state index contributed by atoms with van der Waals surface area (Å²) in [7, 11) is 0. The van der Waals surface area contributed by atoms with Crippen molar-refractivity contribution in [1.29, 1.82) is 0 Å². The molecule has 0 amide bonds. The van der Waals surface area contributed by atoms with E-state index >= 15 is 0 Å². The van der Waals surface area contributed by atoms with Gasteiger partial charge in [-0.25, -0.2) is 8.78 Å². The summed E-state index contributed by atoms with van der Waals surface area (Å²) in [5.41, 5.74) is 11.6. The molecule has 0 fully saturated rings. The van der Waals surface area contributed by atoms with E-state index in [0.29, 0.717) is 24.9 Å². The van der Waals surface area contributed by atoms with Gasteiger partial charge in [0.2, 0.25) is 0 Å². The Morgan fingerprint density at radius 2 is 1.93 bits per heavy atom. The van der Waals surface area contributed by atoms with Crippen molar-refractivity contribution in [2.75, 3.05) is 6.54 Å². The average molecular weight is 214 g/mol. The van der Waals surface area contributed by atoms with Crippen molar-refractivity contribution < 1.29 is 8.78 Å². The molecule has 1 aromatic rings. The molecular formula is C11H16F2N2. The molecule has 0 aliphatic rings. The van der Waals surface area contributed by atoms with Gasteiger partial charge in [-0.1, -0.05) is 12.1 Å². The first-order chi connectivity index (χ1) is 7.07. The summed E-state index contributed by atoms with van der Waals surface area (Å²) < 4.78 is 26.7. The molecule has 0 heterocycles. The summed E-state index contributed by atoms with van der Waals surface area (Å²) in [5, 5.41) is 0. The van der Waals surface area contributed by atoms with Crippen LogP contribution in [0.25, 0.3) is 0 Å². The molecule has 0 aliphatic heterocycles. The second kappa shape index (κ2) is 5.19. The normalized spacial score (nSPS) is 12.9. The van der Waals surface area contributed by atoms with Crippen LogP contribution in [0.2, 0.25) is 0 Å². The predicted molar refractivity (Wildman–Crippen MR) is 56.3 cm³/mol. The lowest BCUT2D eigenvalue weighted by Crippen LogP contribution is -2.15. The fourth-order valence-electron chi connectivity index (χ4n) is 1.44. The lowest BCUT2D eigenvalue weighted by molar-refractivity contribution is 0.477. The van der Waals surface area contributed by atoms with Crippen molar-refractivity contribution in [1.82, 2.24) is 0 Å². The van der Waals surface area contributed by atoms with E-state index in [1.54, 1.807) is 0 Å². The Morgan fingerprint density at radius 3 is 2.53 bits per heavy atom. The lowest BCUT2D eigenvalue weighted by atomic mass is 10.0. The van der Waals surface area contributed by atoms with E-state index in [9.17, 15) is 8.78 Å². The van der Waals surface area contributed by atoms with Gasteiger partial charge >= 0.3 is 0 Å². The monoisotopic (exact) mass is 214 g/mol. The van der Waals surface area contributed by atoms with Crippen LogP contribution in [0.1, 0.15) is 30.0 Å². The molecule has 1 rings (SSSR count). The Morgan fingerprint density at radius 1 is 1.27 bits per heavy atom. The molecule has 0 radical (unpaired) electrons. The summed E-state index contributed by atoms with van der Waals surface area (Å²) in [5.74, 6) is -1.64. The third-order valence-electron chi connectivity index (χ3n) is 2.42. The zero-order valence-corrected chi connectivity index (χ0v) is 8.76. The first-order valence-corrected chi connectivity index (χ1v) is 4.98. The number of aryl methyl sites for hydroxylation is 1. The zero-order valence-electron chi connectivity index (χ0n) is 8.76. The maximum Gasteiger partial charge on any atom is 0.163 e. The minimum absolute atomic E-state index is 0.228. The highest BCUT2D eigenvalue weighted by Crippen LogP contribution is 2.22. The number of hydrogen-bond donors (Lipinski definition) is 2. The van der Waals surface area contributed by atoms with Gasteiger partial charge < -0.3 is 11.5 Å². The molecule has 2 nitrogen and oxygen atoms in total. The van der Waals surface area contributed by atoms with Crippen LogP contribution in [0, 0.1) is 18.6 Å². The molecule has 0 aromatic heterocycles. The third kappa shape index (κ3) is 2.73. The van der Waals surface area contributed by atoms with E-state index in [0.717, 1.165) is 0 Å². The van der Waals surface area contributed by atoms with Crippen molar-refractivity contribution in [3.8, 4) is 0 Å². The zero-order chi connectivity index (χ0) is 11.4. The predicted octanol–water partition coefficient (Wildman–Crippen LogP) is 2.01. The van der Waals surface area contributed by atoms with Gasteiger partial charge in [-0.3, -0.25) is 0 Å². The molecule has 4 N–H and O–H groups in total. The van der Waals surface area contributed by atoms with Gasteiger partial charge in [0.25, 0.3) is 0 Å². The standard InChI is InChI=1S/C11H16F2N2/c1-7-4-5-8(11(13)10(7)12)9(15)3-2-6-14/h4-5,9H,2-3,6,14-15H2,1H3/t9-/m0/s1. The van der Waals surface area contributed by atoms with E-state index < -0.39 is 17.7 Å². The Balaban J connectivity index is 2.90. The van der Waals surface area contributed by atoms with Crippen LogP contribution in [0.5, 0.6) is 0 Å². The van der Waals surface area contributed by atoms with Gasteiger partial charge in [-0.05, 0) is 31.9 Å². The van der Waals surface area contributed by atoms with Gasteiger partial charge in [-0.15, -0.1) is 0 Å². The molecule has 1 atom stereocenters. The van der Waals surface area contributed by atoms with E-state index in [4.69, 9.17) is 11.5 Å². The summed E-state index contributed by atoms with van der Waals surface area (Å²) in [6, 6.07) is 2.59. The van der Waals surface area contributed by atoms with Crippen molar-refractivity contribution in [2.24, 2.45) is 11.5 Å². The van der Waals surface area contributed by atoms with E-state index in [1.165, 1.54) is 19.1 Å². The van der Waals surface area contributed by atoms with Gasteiger partial charge in [0.05, 0.1) is 0 Å². The maximum absolute atomic E-state index is 13.5. The second-order valence-electron chi connectivity index (χ2n) is 3.64. The fraction of sp³-hybridized carbons (Fsp3) is 0.455. The molecule has 4 heteroatoms. The molecule has 0 bridgehead atoms. The molecule has 0 unspecified atom stereocenters. The maximum atomic E-state index is 13.5. The second-order valence-corrected chi connectivity index (χ2v) is 3.64. The number of nitrogens with two attached hydrogens (primary N) is 2.